The van der Waals surface area contributed by atoms with Crippen molar-refractivity contribution in [3.05, 3.63) is 53.5 Å². The van der Waals surface area contributed by atoms with E-state index >= 15 is 0 Å². The Labute approximate surface area is 140 Å². The lowest BCUT2D eigenvalue weighted by molar-refractivity contribution is 0.0752. The Morgan fingerprint density at radius 1 is 1.33 bits per heavy atom. The molecule has 2 aromatic rings. The number of rotatable bonds is 6. The topological polar surface area (TPSA) is 73.1 Å². The van der Waals surface area contributed by atoms with Gasteiger partial charge in [0, 0.05) is 12.8 Å². The molecular weight excluding hydrogens is 308 g/mol. The molecular formula is C18H20N2O4. The standard InChI is InChI=1S/C18H20N2O4/c1-3-17-15(8-9-23-17)18(21)19-11-14-10-16(20-24-14)12-4-6-13(22-2)7-5-12/h4-9,14H,3,10-11H2,1-2H3,(H,19,21). The summed E-state index contributed by atoms with van der Waals surface area (Å²) in [5.41, 5.74) is 2.44. The molecule has 3 rings (SSSR count). The van der Waals surface area contributed by atoms with Gasteiger partial charge >= 0.3 is 0 Å². The van der Waals surface area contributed by atoms with Gasteiger partial charge in [0.25, 0.3) is 5.91 Å². The molecule has 1 amide bonds. The van der Waals surface area contributed by atoms with Crippen LogP contribution in [0.15, 0.2) is 46.2 Å². The number of hydrogen-bond acceptors (Lipinski definition) is 5. The number of ether oxygens (including phenoxy) is 1. The summed E-state index contributed by atoms with van der Waals surface area (Å²) in [6, 6.07) is 9.35. The van der Waals surface area contributed by atoms with Crippen LogP contribution in [0.5, 0.6) is 5.75 Å². The van der Waals surface area contributed by atoms with Gasteiger partial charge in [-0.05, 0) is 35.9 Å². The zero-order valence-corrected chi connectivity index (χ0v) is 13.7. The van der Waals surface area contributed by atoms with E-state index in [1.807, 2.05) is 31.2 Å². The predicted molar refractivity (Wildman–Crippen MR) is 89.4 cm³/mol. The maximum Gasteiger partial charge on any atom is 0.254 e. The molecule has 0 bridgehead atoms. The van der Waals surface area contributed by atoms with Gasteiger partial charge in [-0.1, -0.05) is 12.1 Å². The van der Waals surface area contributed by atoms with Crippen LogP contribution in [0, 0.1) is 0 Å². The molecule has 1 aromatic heterocycles. The summed E-state index contributed by atoms with van der Waals surface area (Å²) in [5.74, 6) is 1.34. The van der Waals surface area contributed by atoms with E-state index in [0.717, 1.165) is 17.0 Å². The van der Waals surface area contributed by atoms with Crippen molar-refractivity contribution >= 4 is 11.6 Å². The summed E-state index contributed by atoms with van der Waals surface area (Å²) < 4.78 is 10.4. The molecule has 24 heavy (non-hydrogen) atoms. The van der Waals surface area contributed by atoms with Crippen molar-refractivity contribution in [3.8, 4) is 5.75 Å². The van der Waals surface area contributed by atoms with Crippen molar-refractivity contribution in [2.45, 2.75) is 25.9 Å². The molecule has 1 N–H and O–H groups in total. The van der Waals surface area contributed by atoms with E-state index in [4.69, 9.17) is 14.0 Å². The third-order valence-electron chi connectivity index (χ3n) is 3.96. The van der Waals surface area contributed by atoms with E-state index in [1.165, 1.54) is 6.26 Å². The number of methoxy groups -OCH3 is 1. The molecule has 0 aliphatic carbocycles. The molecule has 0 saturated carbocycles. The number of nitrogens with one attached hydrogen (secondary N) is 1. The van der Waals surface area contributed by atoms with Crippen LogP contribution in [0.4, 0.5) is 0 Å². The van der Waals surface area contributed by atoms with Crippen molar-refractivity contribution in [2.24, 2.45) is 5.16 Å². The van der Waals surface area contributed by atoms with Crippen LogP contribution in [0.1, 0.15) is 35.0 Å². The SMILES string of the molecule is CCc1occc1C(=O)NCC1CC(c2ccc(OC)cc2)=NO1. The number of carbonyl (C=O) groups is 1. The summed E-state index contributed by atoms with van der Waals surface area (Å²) in [4.78, 5) is 17.6. The molecule has 1 aliphatic rings. The first-order chi connectivity index (χ1) is 11.7. The Bertz CT molecular complexity index is 734. The fraction of sp³-hybridized carbons (Fsp3) is 0.333. The van der Waals surface area contributed by atoms with Gasteiger partial charge in [-0.2, -0.15) is 0 Å². The molecule has 1 aliphatic heterocycles. The minimum Gasteiger partial charge on any atom is -0.497 e. The Hall–Kier alpha value is -2.76. The Balaban J connectivity index is 1.53. The maximum absolute atomic E-state index is 12.2. The van der Waals surface area contributed by atoms with Crippen LogP contribution in [-0.4, -0.2) is 31.4 Å². The second kappa shape index (κ2) is 7.21. The third-order valence-corrected chi connectivity index (χ3v) is 3.96. The van der Waals surface area contributed by atoms with E-state index in [9.17, 15) is 4.79 Å². The van der Waals surface area contributed by atoms with E-state index in [0.29, 0.717) is 30.7 Å². The highest BCUT2D eigenvalue weighted by Gasteiger charge is 2.23. The largest absolute Gasteiger partial charge is 0.497 e. The van der Waals surface area contributed by atoms with Crippen molar-refractivity contribution < 1.29 is 18.8 Å². The quantitative estimate of drug-likeness (QED) is 0.885. The van der Waals surface area contributed by atoms with Gasteiger partial charge < -0.3 is 19.3 Å². The van der Waals surface area contributed by atoms with Crippen LogP contribution in [0.25, 0.3) is 0 Å². The Kier molecular flexibility index (Phi) is 4.84. The highest BCUT2D eigenvalue weighted by atomic mass is 16.6. The second-order valence-corrected chi connectivity index (χ2v) is 5.52. The minimum absolute atomic E-state index is 0.151. The van der Waals surface area contributed by atoms with Gasteiger partial charge in [0.05, 0.1) is 31.2 Å². The monoisotopic (exact) mass is 328 g/mol. The zero-order valence-electron chi connectivity index (χ0n) is 13.7. The first-order valence-corrected chi connectivity index (χ1v) is 7.93. The van der Waals surface area contributed by atoms with Crippen LogP contribution >= 0.6 is 0 Å². The fourth-order valence-corrected chi connectivity index (χ4v) is 2.61. The van der Waals surface area contributed by atoms with Gasteiger partial charge in [-0.3, -0.25) is 4.79 Å². The summed E-state index contributed by atoms with van der Waals surface area (Å²) in [7, 11) is 1.63. The van der Waals surface area contributed by atoms with Crippen LogP contribution < -0.4 is 10.1 Å². The van der Waals surface area contributed by atoms with Crippen molar-refractivity contribution in [2.75, 3.05) is 13.7 Å². The van der Waals surface area contributed by atoms with Crippen LogP contribution in [0.3, 0.4) is 0 Å². The number of hydrogen-bond donors (Lipinski definition) is 1. The first-order valence-electron chi connectivity index (χ1n) is 7.93. The molecule has 0 spiro atoms. The van der Waals surface area contributed by atoms with E-state index in [-0.39, 0.29) is 12.0 Å². The lowest BCUT2D eigenvalue weighted by Crippen LogP contribution is -2.32. The highest BCUT2D eigenvalue weighted by molar-refractivity contribution is 6.01. The first kappa shape index (κ1) is 16.1. The number of benzene rings is 1. The molecule has 1 aromatic carbocycles. The molecule has 1 atom stereocenters. The molecule has 6 heteroatoms. The van der Waals surface area contributed by atoms with Crippen molar-refractivity contribution in [3.63, 3.8) is 0 Å². The van der Waals surface area contributed by atoms with Gasteiger partial charge in [0.15, 0.2) is 0 Å². The number of nitrogens with zero attached hydrogens (tertiary/aromatic N) is 1. The lowest BCUT2D eigenvalue weighted by Gasteiger charge is -2.09. The summed E-state index contributed by atoms with van der Waals surface area (Å²) >= 11 is 0. The van der Waals surface area contributed by atoms with Crippen molar-refractivity contribution in [1.29, 1.82) is 0 Å². The number of oxime groups is 1. The molecule has 0 fully saturated rings. The summed E-state index contributed by atoms with van der Waals surface area (Å²) in [6.45, 7) is 2.35. The van der Waals surface area contributed by atoms with E-state index in [1.54, 1.807) is 13.2 Å². The number of furan rings is 1. The average molecular weight is 328 g/mol. The molecule has 6 nitrogen and oxygen atoms in total. The van der Waals surface area contributed by atoms with Gasteiger partial charge in [0.2, 0.25) is 0 Å². The van der Waals surface area contributed by atoms with Crippen LogP contribution in [0.2, 0.25) is 0 Å². The lowest BCUT2D eigenvalue weighted by atomic mass is 10.0. The summed E-state index contributed by atoms with van der Waals surface area (Å²) in [6.07, 6.45) is 2.70. The molecule has 2 heterocycles. The predicted octanol–water partition coefficient (Wildman–Crippen LogP) is 2.77. The smallest absolute Gasteiger partial charge is 0.254 e. The summed E-state index contributed by atoms with van der Waals surface area (Å²) in [5, 5.41) is 7.00. The highest BCUT2D eigenvalue weighted by Crippen LogP contribution is 2.19. The number of carbonyl (C=O) groups excluding carboxylic acids is 1. The fourth-order valence-electron chi connectivity index (χ4n) is 2.61. The maximum atomic E-state index is 12.2. The Morgan fingerprint density at radius 2 is 2.12 bits per heavy atom. The second-order valence-electron chi connectivity index (χ2n) is 5.52. The number of amides is 1. The van der Waals surface area contributed by atoms with Crippen molar-refractivity contribution in [1.82, 2.24) is 5.32 Å². The van der Waals surface area contributed by atoms with Crippen LogP contribution in [-0.2, 0) is 11.3 Å². The van der Waals surface area contributed by atoms with Gasteiger partial charge in [-0.15, -0.1) is 0 Å². The third kappa shape index (κ3) is 3.42. The van der Waals surface area contributed by atoms with E-state index < -0.39 is 0 Å². The molecule has 126 valence electrons. The number of aryl methyl sites for hydroxylation is 1. The molecule has 1 unspecified atom stereocenters. The zero-order chi connectivity index (χ0) is 16.9. The average Bonchev–Trinajstić information content (AvgIpc) is 3.29. The normalized spacial score (nSPS) is 16.4. The molecule has 0 saturated heterocycles. The Morgan fingerprint density at radius 3 is 2.83 bits per heavy atom. The van der Waals surface area contributed by atoms with Gasteiger partial charge in [0.1, 0.15) is 17.6 Å². The van der Waals surface area contributed by atoms with E-state index in [2.05, 4.69) is 10.5 Å². The minimum atomic E-state index is -0.164. The van der Waals surface area contributed by atoms with Gasteiger partial charge in [-0.25, -0.2) is 0 Å². The molecule has 0 radical (unpaired) electrons.